The summed E-state index contributed by atoms with van der Waals surface area (Å²) < 4.78 is 42.3. The summed E-state index contributed by atoms with van der Waals surface area (Å²) in [6.07, 6.45) is 6.57. The summed E-state index contributed by atoms with van der Waals surface area (Å²) in [5.74, 6) is -0.727. The van der Waals surface area contributed by atoms with Gasteiger partial charge >= 0.3 is 0 Å². The fourth-order valence-corrected chi connectivity index (χ4v) is 7.02. The van der Waals surface area contributed by atoms with Gasteiger partial charge in [-0.3, -0.25) is 14.7 Å². The Bertz CT molecular complexity index is 1500. The summed E-state index contributed by atoms with van der Waals surface area (Å²) in [4.78, 5) is 24.2. The summed E-state index contributed by atoms with van der Waals surface area (Å²) in [7, 11) is -2.04. The van der Waals surface area contributed by atoms with E-state index < -0.39 is 10.0 Å². The quantitative estimate of drug-likeness (QED) is 0.305. The van der Waals surface area contributed by atoms with Gasteiger partial charge in [-0.1, -0.05) is 36.7 Å². The molecule has 1 aliphatic rings. The number of nitrogens with zero attached hydrogens (tertiary/aromatic N) is 4. The molecule has 192 valence electrons. The van der Waals surface area contributed by atoms with Gasteiger partial charge in [-0.15, -0.1) is 0 Å². The van der Waals surface area contributed by atoms with E-state index in [2.05, 4.69) is 9.97 Å². The predicted molar refractivity (Wildman–Crippen MR) is 143 cm³/mol. The number of hydrogen-bond donors (Lipinski definition) is 0. The first kappa shape index (κ1) is 25.4. The number of thiazole rings is 1. The van der Waals surface area contributed by atoms with E-state index in [0.717, 1.165) is 32.1 Å². The van der Waals surface area contributed by atoms with Gasteiger partial charge in [0.05, 0.1) is 27.4 Å². The molecule has 0 saturated heterocycles. The lowest BCUT2D eigenvalue weighted by Crippen LogP contribution is -2.38. The number of aromatic nitrogens is 2. The molecule has 4 aromatic rings. The van der Waals surface area contributed by atoms with Crippen LogP contribution in [0.5, 0.6) is 0 Å². The van der Waals surface area contributed by atoms with E-state index in [4.69, 9.17) is 0 Å². The van der Waals surface area contributed by atoms with Gasteiger partial charge in [-0.05, 0) is 67.4 Å². The lowest BCUT2D eigenvalue weighted by atomic mass is 9.96. The molecule has 2 aromatic heterocycles. The molecule has 0 radical (unpaired) electrons. The van der Waals surface area contributed by atoms with Gasteiger partial charge in [-0.25, -0.2) is 17.8 Å². The molecule has 1 fully saturated rings. The van der Waals surface area contributed by atoms with Gasteiger partial charge in [0.1, 0.15) is 5.82 Å². The first-order valence-electron chi connectivity index (χ1n) is 12.2. The van der Waals surface area contributed by atoms with Crippen molar-refractivity contribution in [2.45, 2.75) is 49.6 Å². The molecule has 0 atom stereocenters. The molecule has 5 rings (SSSR count). The highest BCUT2D eigenvalue weighted by atomic mass is 32.2. The van der Waals surface area contributed by atoms with Crippen molar-refractivity contribution in [3.63, 3.8) is 0 Å². The number of halogens is 1. The number of hydrogen-bond acceptors (Lipinski definition) is 6. The van der Waals surface area contributed by atoms with Crippen molar-refractivity contribution in [1.82, 2.24) is 14.3 Å². The summed E-state index contributed by atoms with van der Waals surface area (Å²) in [5.41, 5.74) is 1.57. The molecule has 10 heteroatoms. The van der Waals surface area contributed by atoms with Gasteiger partial charge in [0.15, 0.2) is 5.13 Å². The van der Waals surface area contributed by atoms with Crippen LogP contribution < -0.4 is 4.90 Å². The molecule has 0 bridgehead atoms. The lowest BCUT2D eigenvalue weighted by molar-refractivity contribution is 0.0984. The van der Waals surface area contributed by atoms with Crippen molar-refractivity contribution in [3.8, 4) is 0 Å². The Morgan fingerprint density at radius 1 is 1.05 bits per heavy atom. The van der Waals surface area contributed by atoms with Crippen LogP contribution >= 0.6 is 11.3 Å². The van der Waals surface area contributed by atoms with Crippen LogP contribution in [0.4, 0.5) is 9.52 Å². The van der Waals surface area contributed by atoms with Gasteiger partial charge in [0.2, 0.25) is 10.0 Å². The second kappa shape index (κ2) is 10.6. The van der Waals surface area contributed by atoms with E-state index in [1.54, 1.807) is 25.4 Å². The molecule has 1 aliphatic carbocycles. The van der Waals surface area contributed by atoms with Crippen LogP contribution in [-0.2, 0) is 16.6 Å². The highest BCUT2D eigenvalue weighted by Crippen LogP contribution is 2.32. The van der Waals surface area contributed by atoms with E-state index in [0.29, 0.717) is 26.6 Å². The van der Waals surface area contributed by atoms with Gasteiger partial charge in [0, 0.05) is 24.8 Å². The monoisotopic (exact) mass is 538 g/mol. The number of amides is 1. The highest BCUT2D eigenvalue weighted by molar-refractivity contribution is 7.89. The van der Waals surface area contributed by atoms with Crippen LogP contribution in [0.2, 0.25) is 0 Å². The highest BCUT2D eigenvalue weighted by Gasteiger charge is 2.29. The van der Waals surface area contributed by atoms with Crippen LogP contribution in [-0.4, -0.2) is 41.7 Å². The molecular weight excluding hydrogens is 511 g/mol. The maximum absolute atomic E-state index is 13.8. The number of anilines is 1. The minimum absolute atomic E-state index is 0.00204. The number of benzene rings is 2. The van der Waals surface area contributed by atoms with Crippen molar-refractivity contribution in [2.75, 3.05) is 11.9 Å². The van der Waals surface area contributed by atoms with Crippen molar-refractivity contribution >= 4 is 42.6 Å². The lowest BCUT2D eigenvalue weighted by Gasteiger charge is -2.30. The zero-order valence-electron chi connectivity index (χ0n) is 20.4. The van der Waals surface area contributed by atoms with Crippen molar-refractivity contribution < 1.29 is 17.6 Å². The Labute approximate surface area is 219 Å². The number of carbonyl (C=O) groups excluding carboxylic acids is 1. The summed E-state index contributed by atoms with van der Waals surface area (Å²) >= 11 is 1.21. The number of sulfonamides is 1. The number of fused-ring (bicyclic) bond motifs is 1. The number of carbonyl (C=O) groups is 1. The zero-order valence-corrected chi connectivity index (χ0v) is 22.0. The molecule has 0 aliphatic heterocycles. The van der Waals surface area contributed by atoms with Crippen LogP contribution in [0.25, 0.3) is 10.2 Å². The smallest absolute Gasteiger partial charge is 0.260 e. The second-order valence-corrected chi connectivity index (χ2v) is 12.2. The first-order valence-corrected chi connectivity index (χ1v) is 14.4. The summed E-state index contributed by atoms with van der Waals surface area (Å²) in [6.45, 7) is 0.159. The average molecular weight is 539 g/mol. The third kappa shape index (κ3) is 5.41. The Morgan fingerprint density at radius 3 is 2.51 bits per heavy atom. The minimum atomic E-state index is -3.67. The number of rotatable bonds is 7. The molecule has 0 N–H and O–H groups in total. The molecule has 0 spiro atoms. The Morgan fingerprint density at radius 2 is 1.81 bits per heavy atom. The van der Waals surface area contributed by atoms with Crippen LogP contribution in [0.15, 0.2) is 71.8 Å². The first-order chi connectivity index (χ1) is 17.8. The zero-order chi connectivity index (χ0) is 26.0. The van der Waals surface area contributed by atoms with E-state index in [9.17, 15) is 17.6 Å². The maximum Gasteiger partial charge on any atom is 0.260 e. The van der Waals surface area contributed by atoms with Crippen molar-refractivity contribution in [2.24, 2.45) is 0 Å². The van der Waals surface area contributed by atoms with Crippen molar-refractivity contribution in [3.05, 3.63) is 83.9 Å². The van der Waals surface area contributed by atoms with Gasteiger partial charge in [0.25, 0.3) is 5.91 Å². The largest absolute Gasteiger partial charge is 0.278 e. The van der Waals surface area contributed by atoms with Gasteiger partial charge < -0.3 is 0 Å². The predicted octanol–water partition coefficient (Wildman–Crippen LogP) is 5.63. The normalized spacial score (nSPS) is 14.8. The van der Waals surface area contributed by atoms with Crippen molar-refractivity contribution in [1.29, 1.82) is 0 Å². The minimum Gasteiger partial charge on any atom is -0.278 e. The van der Waals surface area contributed by atoms with E-state index in [1.165, 1.54) is 56.9 Å². The number of pyridine rings is 1. The molecule has 2 heterocycles. The average Bonchev–Trinajstić information content (AvgIpc) is 3.35. The van der Waals surface area contributed by atoms with Gasteiger partial charge in [-0.2, -0.15) is 4.31 Å². The summed E-state index contributed by atoms with van der Waals surface area (Å²) in [5, 5.41) is 0.407. The molecule has 0 unspecified atom stereocenters. The van der Waals surface area contributed by atoms with Crippen LogP contribution in [0.1, 0.15) is 48.2 Å². The molecule has 2 aromatic carbocycles. The van der Waals surface area contributed by atoms with E-state index in [-0.39, 0.29) is 29.2 Å². The second-order valence-electron chi connectivity index (χ2n) is 9.16. The molecular formula is C27H27FN4O3S2. The molecule has 1 saturated carbocycles. The van der Waals surface area contributed by atoms with E-state index >= 15 is 0 Å². The fraction of sp³-hybridized carbons (Fsp3) is 0.296. The maximum atomic E-state index is 13.8. The van der Waals surface area contributed by atoms with E-state index in [1.807, 2.05) is 12.1 Å². The third-order valence-corrected chi connectivity index (χ3v) is 9.69. The Kier molecular flexibility index (Phi) is 7.32. The third-order valence-electron chi connectivity index (χ3n) is 6.73. The SMILES string of the molecule is CN(C1CCCCC1)S(=O)(=O)c1ccc(C(=O)N(Cc2ccccn2)c2nc3ccc(F)cc3s2)cc1. The summed E-state index contributed by atoms with van der Waals surface area (Å²) in [6, 6.07) is 15.8. The van der Waals surface area contributed by atoms with Crippen LogP contribution in [0, 0.1) is 5.82 Å². The molecule has 37 heavy (non-hydrogen) atoms. The topological polar surface area (TPSA) is 83.5 Å². The molecule has 7 nitrogen and oxygen atoms in total. The van der Waals surface area contributed by atoms with Crippen LogP contribution in [0.3, 0.4) is 0 Å². The Hall–Kier alpha value is -3.21. The molecule has 1 amide bonds. The fourth-order valence-electron chi connectivity index (χ4n) is 4.61. The standard InChI is InChI=1S/C27H27FN4O3S2/c1-31(22-8-3-2-4-9-22)37(34,35)23-13-10-19(11-14-23)26(33)32(18-21-7-5-6-16-29-21)27-30-24-15-12-20(28)17-25(24)36-27/h5-7,10-17,22H,2-4,8-9,18H2,1H3. The Balaban J connectivity index is 1.44.